The van der Waals surface area contributed by atoms with Crippen LogP contribution in [0.4, 0.5) is 4.39 Å². The Kier molecular flexibility index (Phi) is 5.82. The molecule has 1 heterocycles. The number of rotatable bonds is 1. The molecule has 0 aliphatic carbocycles. The molecule has 1 N–H and O–H groups in total. The smallest absolute Gasteiger partial charge is 0.214 e. The summed E-state index contributed by atoms with van der Waals surface area (Å²) in [7, 11) is 0. The van der Waals surface area contributed by atoms with Crippen molar-refractivity contribution in [1.82, 2.24) is 0 Å². The SMILES string of the molecule is Clc1ccc(C2CCCO2)cc1.O/N=C\F. The zero-order valence-electron chi connectivity index (χ0n) is 8.64. The molecule has 5 heteroatoms. The first-order valence-electron chi connectivity index (χ1n) is 4.91. The van der Waals surface area contributed by atoms with Gasteiger partial charge in [0.1, 0.15) is 0 Å². The van der Waals surface area contributed by atoms with Crippen LogP contribution in [0.2, 0.25) is 5.02 Å². The van der Waals surface area contributed by atoms with Crippen LogP contribution in [0.25, 0.3) is 0 Å². The number of hydrogen-bond donors (Lipinski definition) is 1. The molecule has 1 aliphatic heterocycles. The van der Waals surface area contributed by atoms with Crippen LogP contribution in [0.1, 0.15) is 24.5 Å². The molecule has 1 atom stereocenters. The van der Waals surface area contributed by atoms with E-state index in [0.29, 0.717) is 6.10 Å². The second kappa shape index (κ2) is 7.19. The van der Waals surface area contributed by atoms with Gasteiger partial charge in [0.05, 0.1) is 6.10 Å². The Balaban J connectivity index is 0.000000280. The maximum Gasteiger partial charge on any atom is 0.214 e. The summed E-state index contributed by atoms with van der Waals surface area (Å²) in [6.45, 7) is 0.702. The number of oxime groups is 1. The topological polar surface area (TPSA) is 41.8 Å². The van der Waals surface area contributed by atoms with E-state index < -0.39 is 0 Å². The molecule has 0 bridgehead atoms. The van der Waals surface area contributed by atoms with E-state index in [1.54, 1.807) is 0 Å². The van der Waals surface area contributed by atoms with E-state index in [4.69, 9.17) is 21.5 Å². The molecule has 0 aromatic heterocycles. The summed E-state index contributed by atoms with van der Waals surface area (Å²) in [6, 6.07) is 7.91. The number of benzene rings is 1. The third-order valence-electron chi connectivity index (χ3n) is 2.22. The lowest BCUT2D eigenvalue weighted by Gasteiger charge is -2.08. The van der Waals surface area contributed by atoms with E-state index >= 15 is 0 Å². The van der Waals surface area contributed by atoms with Gasteiger partial charge in [0.15, 0.2) is 0 Å². The second-order valence-electron chi connectivity index (χ2n) is 3.27. The molecule has 0 amide bonds. The zero-order valence-corrected chi connectivity index (χ0v) is 9.40. The first kappa shape index (κ1) is 12.9. The minimum Gasteiger partial charge on any atom is -0.409 e. The Morgan fingerprint density at radius 1 is 1.44 bits per heavy atom. The molecule has 1 fully saturated rings. The molecular weight excluding hydrogens is 233 g/mol. The Morgan fingerprint density at radius 3 is 2.50 bits per heavy atom. The van der Waals surface area contributed by atoms with Crippen LogP contribution in [-0.2, 0) is 4.74 Å². The van der Waals surface area contributed by atoms with E-state index in [1.165, 1.54) is 12.0 Å². The Bertz CT molecular complexity index is 319. The summed E-state index contributed by atoms with van der Waals surface area (Å²) < 4.78 is 15.7. The largest absolute Gasteiger partial charge is 0.409 e. The fourth-order valence-electron chi connectivity index (χ4n) is 1.52. The van der Waals surface area contributed by atoms with Crippen molar-refractivity contribution >= 4 is 18.1 Å². The van der Waals surface area contributed by atoms with Crippen molar-refractivity contribution in [2.45, 2.75) is 18.9 Å². The summed E-state index contributed by atoms with van der Waals surface area (Å²) in [5.74, 6) is 0. The average Bonchev–Trinajstić information content (AvgIpc) is 2.84. The lowest BCUT2D eigenvalue weighted by molar-refractivity contribution is 0.112. The van der Waals surface area contributed by atoms with Gasteiger partial charge in [-0.15, -0.1) is 0 Å². The van der Waals surface area contributed by atoms with Gasteiger partial charge >= 0.3 is 0 Å². The molecule has 2 rings (SSSR count). The molecule has 0 saturated carbocycles. The predicted octanol–water partition coefficient (Wildman–Crippen LogP) is 3.56. The summed E-state index contributed by atoms with van der Waals surface area (Å²) in [5, 5.41) is 9.80. The van der Waals surface area contributed by atoms with Gasteiger partial charge in [0, 0.05) is 11.6 Å². The number of nitrogens with zero attached hydrogens (tertiary/aromatic N) is 1. The van der Waals surface area contributed by atoms with Crippen molar-refractivity contribution in [1.29, 1.82) is 0 Å². The van der Waals surface area contributed by atoms with Crippen LogP contribution in [-0.4, -0.2) is 18.3 Å². The van der Waals surface area contributed by atoms with E-state index in [2.05, 4.69) is 0 Å². The summed E-state index contributed by atoms with van der Waals surface area (Å²) in [6.07, 6.45) is 2.62. The van der Waals surface area contributed by atoms with Crippen LogP contribution in [0.15, 0.2) is 29.4 Å². The van der Waals surface area contributed by atoms with E-state index in [9.17, 15) is 4.39 Å². The van der Waals surface area contributed by atoms with Crippen molar-refractivity contribution in [3.8, 4) is 0 Å². The second-order valence-corrected chi connectivity index (χ2v) is 3.70. The standard InChI is InChI=1S/C10H11ClO.CH2FNO/c11-9-5-3-8(4-6-9)10-2-1-7-12-10;2-1-3-4/h3-6,10H,1-2,7H2;1,4H/b;3-1-. The van der Waals surface area contributed by atoms with Gasteiger partial charge in [0.25, 0.3) is 0 Å². The van der Waals surface area contributed by atoms with Crippen LogP contribution >= 0.6 is 11.6 Å². The van der Waals surface area contributed by atoms with Crippen LogP contribution in [0.5, 0.6) is 0 Å². The number of hydrogen-bond acceptors (Lipinski definition) is 3. The minimum absolute atomic E-state index is 0.194. The Labute approximate surface area is 98.5 Å². The Hall–Kier alpha value is -1.13. The van der Waals surface area contributed by atoms with Crippen molar-refractivity contribution < 1.29 is 14.3 Å². The van der Waals surface area contributed by atoms with Crippen LogP contribution in [0.3, 0.4) is 0 Å². The van der Waals surface area contributed by atoms with Gasteiger partial charge in [-0.2, -0.15) is 4.39 Å². The Morgan fingerprint density at radius 2 is 2.06 bits per heavy atom. The first-order valence-corrected chi connectivity index (χ1v) is 5.29. The molecule has 0 spiro atoms. The molecule has 3 nitrogen and oxygen atoms in total. The molecule has 1 aliphatic rings. The summed E-state index contributed by atoms with van der Waals surface area (Å²) >= 11 is 5.78. The van der Waals surface area contributed by atoms with Gasteiger partial charge in [-0.1, -0.05) is 28.9 Å². The normalized spacial score (nSPS) is 19.5. The molecule has 16 heavy (non-hydrogen) atoms. The summed E-state index contributed by atoms with van der Waals surface area (Å²) in [5.41, 5.74) is 1.25. The van der Waals surface area contributed by atoms with Crippen molar-refractivity contribution in [3.63, 3.8) is 0 Å². The third kappa shape index (κ3) is 4.16. The van der Waals surface area contributed by atoms with Gasteiger partial charge in [-0.05, 0) is 30.5 Å². The molecule has 1 unspecified atom stereocenters. The van der Waals surface area contributed by atoms with Crippen molar-refractivity contribution in [3.05, 3.63) is 34.9 Å². The average molecular weight is 246 g/mol. The molecule has 1 aromatic rings. The maximum atomic E-state index is 10.2. The fourth-order valence-corrected chi connectivity index (χ4v) is 1.64. The highest BCUT2D eigenvalue weighted by molar-refractivity contribution is 6.30. The van der Waals surface area contributed by atoms with Crippen LogP contribution in [0, 0.1) is 0 Å². The van der Waals surface area contributed by atoms with Crippen molar-refractivity contribution in [2.75, 3.05) is 6.61 Å². The quantitative estimate of drug-likeness (QED) is 0.467. The molecule has 1 aromatic carbocycles. The zero-order chi connectivity index (χ0) is 11.8. The highest BCUT2D eigenvalue weighted by Gasteiger charge is 2.16. The monoisotopic (exact) mass is 245 g/mol. The first-order chi connectivity index (χ1) is 7.77. The fraction of sp³-hybridized carbons (Fsp3) is 0.364. The maximum absolute atomic E-state index is 10.2. The van der Waals surface area contributed by atoms with E-state index in [1.807, 2.05) is 29.4 Å². The third-order valence-corrected chi connectivity index (χ3v) is 2.47. The van der Waals surface area contributed by atoms with Gasteiger partial charge in [-0.25, -0.2) is 0 Å². The number of halogens is 2. The highest BCUT2D eigenvalue weighted by Crippen LogP contribution is 2.28. The lowest BCUT2D eigenvalue weighted by Crippen LogP contribution is -1.94. The van der Waals surface area contributed by atoms with Gasteiger partial charge in [0.2, 0.25) is 6.47 Å². The number of ether oxygens (including phenoxy) is 1. The lowest BCUT2D eigenvalue weighted by atomic mass is 10.1. The predicted molar refractivity (Wildman–Crippen MR) is 60.8 cm³/mol. The molecule has 1 saturated heterocycles. The summed E-state index contributed by atoms with van der Waals surface area (Å²) in [4.78, 5) is 0. The van der Waals surface area contributed by atoms with Crippen molar-refractivity contribution in [2.24, 2.45) is 5.16 Å². The van der Waals surface area contributed by atoms with Crippen LogP contribution < -0.4 is 0 Å². The molecule has 88 valence electrons. The molecule has 0 radical (unpaired) electrons. The minimum atomic E-state index is -0.194. The van der Waals surface area contributed by atoms with E-state index in [0.717, 1.165) is 18.1 Å². The van der Waals surface area contributed by atoms with Gasteiger partial charge < -0.3 is 9.94 Å². The van der Waals surface area contributed by atoms with Gasteiger partial charge in [-0.3, -0.25) is 0 Å². The highest BCUT2D eigenvalue weighted by atomic mass is 35.5. The molecular formula is C11H13ClFNO2. The van der Waals surface area contributed by atoms with E-state index in [-0.39, 0.29) is 6.47 Å².